The zero-order valence-electron chi connectivity index (χ0n) is 13.1. The Balaban J connectivity index is 2.32. The van der Waals surface area contributed by atoms with Crippen molar-refractivity contribution < 1.29 is 24.1 Å². The first kappa shape index (κ1) is 15.6. The molecule has 5 heteroatoms. The van der Waals surface area contributed by atoms with E-state index < -0.39 is 11.6 Å². The van der Waals surface area contributed by atoms with Gasteiger partial charge in [-0.1, -0.05) is 0 Å². The standard InChI is InChI=1S/C16H22O5/c1-15(2)9-13(16(3,4)21-15)20-12-8-10(19-5)6-7-11(12)14(17)18/h6-8,13H,9H2,1-5H3,(H,17,18). The van der Waals surface area contributed by atoms with Crippen molar-refractivity contribution in [2.45, 2.75) is 51.4 Å². The maximum Gasteiger partial charge on any atom is 0.339 e. The van der Waals surface area contributed by atoms with E-state index in [1.165, 1.54) is 13.2 Å². The van der Waals surface area contributed by atoms with Gasteiger partial charge in [-0.05, 0) is 39.8 Å². The highest BCUT2D eigenvalue weighted by Crippen LogP contribution is 2.40. The lowest BCUT2D eigenvalue weighted by Gasteiger charge is -2.28. The van der Waals surface area contributed by atoms with E-state index in [2.05, 4.69) is 0 Å². The second-order valence-corrected chi connectivity index (χ2v) is 6.44. The number of ether oxygens (including phenoxy) is 3. The molecule has 1 aliphatic heterocycles. The first-order valence-corrected chi connectivity index (χ1v) is 6.93. The molecule has 1 aliphatic rings. The number of hydrogen-bond donors (Lipinski definition) is 1. The fraction of sp³-hybridized carbons (Fsp3) is 0.562. The van der Waals surface area contributed by atoms with Gasteiger partial charge in [0.05, 0.1) is 12.7 Å². The van der Waals surface area contributed by atoms with Crippen LogP contribution in [0, 0.1) is 0 Å². The van der Waals surface area contributed by atoms with Crippen LogP contribution in [0.5, 0.6) is 11.5 Å². The van der Waals surface area contributed by atoms with Crippen LogP contribution >= 0.6 is 0 Å². The first-order chi connectivity index (χ1) is 9.64. The molecule has 1 N–H and O–H groups in total. The van der Waals surface area contributed by atoms with Crippen molar-refractivity contribution in [1.82, 2.24) is 0 Å². The summed E-state index contributed by atoms with van der Waals surface area (Å²) in [5.41, 5.74) is -0.657. The molecule has 1 fully saturated rings. The Morgan fingerprint density at radius 2 is 2.00 bits per heavy atom. The van der Waals surface area contributed by atoms with Gasteiger partial charge in [0.2, 0.25) is 0 Å². The number of rotatable bonds is 4. The Morgan fingerprint density at radius 3 is 2.48 bits per heavy atom. The van der Waals surface area contributed by atoms with E-state index in [1.54, 1.807) is 12.1 Å². The molecular weight excluding hydrogens is 272 g/mol. The van der Waals surface area contributed by atoms with Crippen LogP contribution in [-0.2, 0) is 4.74 Å². The third-order valence-electron chi connectivity index (χ3n) is 3.68. The highest BCUT2D eigenvalue weighted by molar-refractivity contribution is 5.91. The van der Waals surface area contributed by atoms with Gasteiger partial charge in [0, 0.05) is 12.5 Å². The summed E-state index contributed by atoms with van der Waals surface area (Å²) in [6, 6.07) is 4.70. The SMILES string of the molecule is COc1ccc(C(=O)O)c(OC2CC(C)(C)OC2(C)C)c1. The lowest BCUT2D eigenvalue weighted by molar-refractivity contribution is -0.0847. The molecule has 0 bridgehead atoms. The Labute approximate surface area is 124 Å². The van der Waals surface area contributed by atoms with Crippen molar-refractivity contribution in [1.29, 1.82) is 0 Å². The first-order valence-electron chi connectivity index (χ1n) is 6.93. The van der Waals surface area contributed by atoms with Crippen LogP contribution in [0.4, 0.5) is 0 Å². The fourth-order valence-electron chi connectivity index (χ4n) is 2.75. The van der Waals surface area contributed by atoms with Gasteiger partial charge in [-0.3, -0.25) is 0 Å². The number of aromatic carboxylic acids is 1. The second kappa shape index (κ2) is 5.22. The normalized spacial score (nSPS) is 22.8. The average Bonchev–Trinajstić information content (AvgIpc) is 2.56. The largest absolute Gasteiger partial charge is 0.497 e. The van der Waals surface area contributed by atoms with Crippen molar-refractivity contribution in [3.8, 4) is 11.5 Å². The van der Waals surface area contributed by atoms with Crippen molar-refractivity contribution in [2.75, 3.05) is 7.11 Å². The minimum absolute atomic E-state index is 0.122. The minimum atomic E-state index is -1.02. The van der Waals surface area contributed by atoms with E-state index in [0.29, 0.717) is 17.9 Å². The van der Waals surface area contributed by atoms with E-state index in [4.69, 9.17) is 14.2 Å². The van der Waals surface area contributed by atoms with Gasteiger partial charge in [-0.25, -0.2) is 4.79 Å². The fourth-order valence-corrected chi connectivity index (χ4v) is 2.75. The monoisotopic (exact) mass is 294 g/mol. The Bertz CT molecular complexity index is 548. The van der Waals surface area contributed by atoms with Gasteiger partial charge in [0.15, 0.2) is 0 Å². The van der Waals surface area contributed by atoms with Gasteiger partial charge in [0.25, 0.3) is 0 Å². The summed E-state index contributed by atoms with van der Waals surface area (Å²) in [5.74, 6) is -0.157. The van der Waals surface area contributed by atoms with Crippen molar-refractivity contribution in [2.24, 2.45) is 0 Å². The summed E-state index contributed by atoms with van der Waals surface area (Å²) in [5, 5.41) is 9.28. The van der Waals surface area contributed by atoms with E-state index >= 15 is 0 Å². The molecule has 0 amide bonds. The van der Waals surface area contributed by atoms with E-state index in [9.17, 15) is 9.90 Å². The van der Waals surface area contributed by atoms with Crippen molar-refractivity contribution >= 4 is 5.97 Å². The lowest BCUT2D eigenvalue weighted by Crippen LogP contribution is -2.37. The van der Waals surface area contributed by atoms with Crippen molar-refractivity contribution in [3.05, 3.63) is 23.8 Å². The molecule has 1 aromatic rings. The maximum absolute atomic E-state index is 11.3. The van der Waals surface area contributed by atoms with Crippen LogP contribution in [0.1, 0.15) is 44.5 Å². The van der Waals surface area contributed by atoms with Crippen molar-refractivity contribution in [3.63, 3.8) is 0 Å². The number of benzene rings is 1. The van der Waals surface area contributed by atoms with E-state index in [1.807, 2.05) is 27.7 Å². The Morgan fingerprint density at radius 1 is 1.33 bits per heavy atom. The smallest absolute Gasteiger partial charge is 0.339 e. The summed E-state index contributed by atoms with van der Waals surface area (Å²) >= 11 is 0. The molecule has 1 unspecified atom stereocenters. The zero-order chi connectivity index (χ0) is 15.8. The zero-order valence-corrected chi connectivity index (χ0v) is 13.1. The van der Waals surface area contributed by atoms with Crippen LogP contribution in [0.25, 0.3) is 0 Å². The Kier molecular flexibility index (Phi) is 3.89. The van der Waals surface area contributed by atoms with E-state index in [0.717, 1.165) is 0 Å². The molecule has 0 aromatic heterocycles. The number of methoxy groups -OCH3 is 1. The predicted octanol–water partition coefficient (Wildman–Crippen LogP) is 3.12. The van der Waals surface area contributed by atoms with Crippen LogP contribution in [-0.4, -0.2) is 35.5 Å². The molecule has 2 rings (SSSR count). The molecule has 5 nitrogen and oxygen atoms in total. The molecule has 1 atom stereocenters. The molecule has 21 heavy (non-hydrogen) atoms. The topological polar surface area (TPSA) is 65.0 Å². The molecule has 0 spiro atoms. The van der Waals surface area contributed by atoms with Crippen LogP contribution in [0.3, 0.4) is 0 Å². The molecule has 1 aromatic carbocycles. The van der Waals surface area contributed by atoms with Crippen LogP contribution in [0.15, 0.2) is 18.2 Å². The molecule has 0 aliphatic carbocycles. The quantitative estimate of drug-likeness (QED) is 0.924. The molecule has 1 heterocycles. The number of carboxylic acids is 1. The highest BCUT2D eigenvalue weighted by atomic mass is 16.6. The number of carboxylic acid groups (broad SMARTS) is 1. The average molecular weight is 294 g/mol. The highest BCUT2D eigenvalue weighted by Gasteiger charge is 2.47. The van der Waals surface area contributed by atoms with Crippen LogP contribution < -0.4 is 9.47 Å². The van der Waals surface area contributed by atoms with Crippen LogP contribution in [0.2, 0.25) is 0 Å². The summed E-state index contributed by atoms with van der Waals surface area (Å²) < 4.78 is 17.1. The summed E-state index contributed by atoms with van der Waals surface area (Å²) in [6.07, 6.45) is 0.466. The van der Waals surface area contributed by atoms with E-state index in [-0.39, 0.29) is 17.3 Å². The minimum Gasteiger partial charge on any atom is -0.497 e. The Hall–Kier alpha value is -1.75. The maximum atomic E-state index is 11.3. The number of hydrogen-bond acceptors (Lipinski definition) is 4. The van der Waals surface area contributed by atoms with Gasteiger partial charge >= 0.3 is 5.97 Å². The predicted molar refractivity (Wildman–Crippen MR) is 78.2 cm³/mol. The molecule has 116 valence electrons. The molecule has 0 saturated carbocycles. The van der Waals surface area contributed by atoms with Gasteiger partial charge in [-0.15, -0.1) is 0 Å². The third kappa shape index (κ3) is 3.29. The lowest BCUT2D eigenvalue weighted by atomic mass is 9.97. The summed E-state index contributed by atoms with van der Waals surface area (Å²) in [6.45, 7) is 7.91. The van der Waals surface area contributed by atoms with Gasteiger partial charge < -0.3 is 19.3 Å². The molecule has 1 saturated heterocycles. The summed E-state index contributed by atoms with van der Waals surface area (Å²) in [4.78, 5) is 11.3. The van der Waals surface area contributed by atoms with Gasteiger partial charge in [0.1, 0.15) is 28.8 Å². The number of carbonyl (C=O) groups is 1. The third-order valence-corrected chi connectivity index (χ3v) is 3.68. The molecular formula is C16H22O5. The molecule has 0 radical (unpaired) electrons. The van der Waals surface area contributed by atoms with Gasteiger partial charge in [-0.2, -0.15) is 0 Å². The second-order valence-electron chi connectivity index (χ2n) is 6.44. The summed E-state index contributed by atoms with van der Waals surface area (Å²) in [7, 11) is 1.53.